The number of nitrogens with two attached hydrogens (primary N) is 1. The molecular formula is C16H18Cl2N2. The second-order valence-corrected chi connectivity index (χ2v) is 5.78. The van der Waals surface area contributed by atoms with E-state index in [1.165, 1.54) is 0 Å². The number of benzene rings is 2. The highest BCUT2D eigenvalue weighted by Gasteiger charge is 2.15. The largest absolute Gasteiger partial charge is 0.399 e. The fourth-order valence-electron chi connectivity index (χ4n) is 2.17. The van der Waals surface area contributed by atoms with Gasteiger partial charge in [-0.25, -0.2) is 0 Å². The normalized spacial score (nSPS) is 12.7. The first-order valence-corrected chi connectivity index (χ1v) is 7.23. The first kappa shape index (κ1) is 15.2. The zero-order chi connectivity index (χ0) is 14.7. The third-order valence-corrected chi connectivity index (χ3v) is 4.22. The second-order valence-electron chi connectivity index (χ2n) is 4.96. The van der Waals surface area contributed by atoms with Crippen LogP contribution in [0.1, 0.15) is 24.1 Å². The maximum atomic E-state index is 6.25. The summed E-state index contributed by atoms with van der Waals surface area (Å²) in [5.74, 6) is 0. The van der Waals surface area contributed by atoms with E-state index in [1.807, 2.05) is 49.5 Å². The summed E-state index contributed by atoms with van der Waals surface area (Å²) >= 11 is 12.5. The standard InChI is InChI=1S/C16H18Cl2N2/c1-11(14-5-3-4-6-16(14)18)20(2)10-12-9-13(19)7-8-15(12)17/h3-9,11H,10,19H2,1-2H3. The van der Waals surface area contributed by atoms with Crippen LogP contribution in [0.5, 0.6) is 0 Å². The van der Waals surface area contributed by atoms with Gasteiger partial charge in [-0.15, -0.1) is 0 Å². The van der Waals surface area contributed by atoms with Crippen LogP contribution < -0.4 is 5.73 Å². The molecule has 1 atom stereocenters. The molecule has 0 heterocycles. The zero-order valence-corrected chi connectivity index (χ0v) is 13.1. The lowest BCUT2D eigenvalue weighted by molar-refractivity contribution is 0.253. The number of halogens is 2. The van der Waals surface area contributed by atoms with Gasteiger partial charge in [0.05, 0.1) is 0 Å². The molecular weight excluding hydrogens is 291 g/mol. The monoisotopic (exact) mass is 308 g/mol. The Labute approximate surface area is 130 Å². The first-order chi connectivity index (χ1) is 9.49. The van der Waals surface area contributed by atoms with Gasteiger partial charge < -0.3 is 5.73 Å². The van der Waals surface area contributed by atoms with Crippen molar-refractivity contribution in [2.45, 2.75) is 19.5 Å². The Bertz CT molecular complexity index is 599. The molecule has 0 aliphatic carbocycles. The van der Waals surface area contributed by atoms with Gasteiger partial charge in [0.2, 0.25) is 0 Å². The van der Waals surface area contributed by atoms with Gasteiger partial charge in [-0.05, 0) is 49.4 Å². The van der Waals surface area contributed by atoms with Gasteiger partial charge in [0.15, 0.2) is 0 Å². The lowest BCUT2D eigenvalue weighted by Gasteiger charge is -2.26. The number of rotatable bonds is 4. The second kappa shape index (κ2) is 6.49. The molecule has 0 radical (unpaired) electrons. The molecule has 0 spiro atoms. The van der Waals surface area contributed by atoms with Crippen LogP contribution in [0.25, 0.3) is 0 Å². The molecule has 0 aromatic heterocycles. The highest BCUT2D eigenvalue weighted by atomic mass is 35.5. The summed E-state index contributed by atoms with van der Waals surface area (Å²) in [5, 5.41) is 1.52. The molecule has 0 amide bonds. The van der Waals surface area contributed by atoms with Crippen LogP contribution in [0.3, 0.4) is 0 Å². The van der Waals surface area contributed by atoms with Crippen LogP contribution in [0.15, 0.2) is 42.5 Å². The predicted molar refractivity (Wildman–Crippen MR) is 87.2 cm³/mol. The van der Waals surface area contributed by atoms with Crippen LogP contribution in [0, 0.1) is 0 Å². The molecule has 4 heteroatoms. The zero-order valence-electron chi connectivity index (χ0n) is 11.6. The van der Waals surface area contributed by atoms with Crippen molar-refractivity contribution in [3.05, 3.63) is 63.6 Å². The smallest absolute Gasteiger partial charge is 0.0453 e. The molecule has 2 nitrogen and oxygen atoms in total. The third-order valence-electron chi connectivity index (χ3n) is 3.51. The van der Waals surface area contributed by atoms with Gasteiger partial charge >= 0.3 is 0 Å². The maximum absolute atomic E-state index is 6.25. The van der Waals surface area contributed by atoms with E-state index in [1.54, 1.807) is 0 Å². The molecule has 20 heavy (non-hydrogen) atoms. The van der Waals surface area contributed by atoms with Crippen molar-refractivity contribution < 1.29 is 0 Å². The van der Waals surface area contributed by atoms with Crippen molar-refractivity contribution in [1.29, 1.82) is 0 Å². The van der Waals surface area contributed by atoms with Crippen LogP contribution in [0.2, 0.25) is 10.0 Å². The lowest BCUT2D eigenvalue weighted by atomic mass is 10.1. The molecule has 0 fully saturated rings. The summed E-state index contributed by atoms with van der Waals surface area (Å²) in [7, 11) is 2.05. The van der Waals surface area contributed by atoms with E-state index < -0.39 is 0 Å². The van der Waals surface area contributed by atoms with Gasteiger partial charge in [-0.1, -0.05) is 41.4 Å². The Morgan fingerprint density at radius 2 is 1.80 bits per heavy atom. The molecule has 2 aromatic rings. The molecule has 0 saturated carbocycles. The first-order valence-electron chi connectivity index (χ1n) is 6.47. The average molecular weight is 309 g/mol. The van der Waals surface area contributed by atoms with E-state index in [0.29, 0.717) is 0 Å². The van der Waals surface area contributed by atoms with Gasteiger partial charge in [0.1, 0.15) is 0 Å². The van der Waals surface area contributed by atoms with Crippen molar-refractivity contribution in [3.8, 4) is 0 Å². The fraction of sp³-hybridized carbons (Fsp3) is 0.250. The number of anilines is 1. The van der Waals surface area contributed by atoms with Gasteiger partial charge in [0.25, 0.3) is 0 Å². The molecule has 0 aliphatic rings. The highest BCUT2D eigenvalue weighted by Crippen LogP contribution is 2.28. The van der Waals surface area contributed by atoms with Crippen LogP contribution in [-0.4, -0.2) is 11.9 Å². The summed E-state index contributed by atoms with van der Waals surface area (Å²) in [6, 6.07) is 13.6. The summed E-state index contributed by atoms with van der Waals surface area (Å²) in [5.41, 5.74) is 8.67. The molecule has 0 aliphatic heterocycles. The Morgan fingerprint density at radius 1 is 1.10 bits per heavy atom. The summed E-state index contributed by atoms with van der Waals surface area (Å²) in [6.45, 7) is 2.84. The van der Waals surface area contributed by atoms with E-state index in [-0.39, 0.29) is 6.04 Å². The topological polar surface area (TPSA) is 29.3 Å². The van der Waals surface area contributed by atoms with Crippen molar-refractivity contribution in [1.82, 2.24) is 4.90 Å². The molecule has 2 aromatic carbocycles. The van der Waals surface area contributed by atoms with Crippen LogP contribution in [-0.2, 0) is 6.54 Å². The molecule has 0 saturated heterocycles. The maximum Gasteiger partial charge on any atom is 0.0453 e. The van der Waals surface area contributed by atoms with E-state index in [9.17, 15) is 0 Å². The number of nitrogen functional groups attached to an aromatic ring is 1. The van der Waals surface area contributed by atoms with E-state index >= 15 is 0 Å². The van der Waals surface area contributed by atoms with Crippen molar-refractivity contribution in [2.24, 2.45) is 0 Å². The molecule has 0 bridgehead atoms. The van der Waals surface area contributed by atoms with E-state index in [2.05, 4.69) is 11.8 Å². The summed E-state index contributed by atoms with van der Waals surface area (Å²) in [4.78, 5) is 2.20. The Hall–Kier alpha value is -1.22. The SMILES string of the molecule is CC(c1ccccc1Cl)N(C)Cc1cc(N)ccc1Cl. The summed E-state index contributed by atoms with van der Waals surface area (Å²) in [6.07, 6.45) is 0. The van der Waals surface area contributed by atoms with Gasteiger partial charge in [-0.2, -0.15) is 0 Å². The minimum atomic E-state index is 0.196. The third kappa shape index (κ3) is 3.45. The molecule has 1 unspecified atom stereocenters. The molecule has 2 N–H and O–H groups in total. The van der Waals surface area contributed by atoms with Crippen molar-refractivity contribution >= 4 is 28.9 Å². The highest BCUT2D eigenvalue weighted by molar-refractivity contribution is 6.31. The Balaban J connectivity index is 2.17. The van der Waals surface area contributed by atoms with Crippen LogP contribution >= 0.6 is 23.2 Å². The minimum absolute atomic E-state index is 0.196. The number of hydrogen-bond donors (Lipinski definition) is 1. The van der Waals surface area contributed by atoms with Gasteiger partial charge in [0, 0.05) is 28.3 Å². The summed E-state index contributed by atoms with van der Waals surface area (Å²) < 4.78 is 0. The molecule has 106 valence electrons. The Kier molecular flexibility index (Phi) is 4.92. The van der Waals surface area contributed by atoms with Crippen molar-refractivity contribution in [2.75, 3.05) is 12.8 Å². The fourth-order valence-corrected chi connectivity index (χ4v) is 2.64. The lowest BCUT2D eigenvalue weighted by Crippen LogP contribution is -2.22. The van der Waals surface area contributed by atoms with E-state index in [4.69, 9.17) is 28.9 Å². The van der Waals surface area contributed by atoms with Crippen molar-refractivity contribution in [3.63, 3.8) is 0 Å². The predicted octanol–water partition coefficient (Wildman–Crippen LogP) is 4.77. The average Bonchev–Trinajstić information content (AvgIpc) is 2.42. The Morgan fingerprint density at radius 3 is 2.50 bits per heavy atom. The molecule has 2 rings (SSSR count). The van der Waals surface area contributed by atoms with Crippen LogP contribution in [0.4, 0.5) is 5.69 Å². The quantitative estimate of drug-likeness (QED) is 0.824. The minimum Gasteiger partial charge on any atom is -0.399 e. The van der Waals surface area contributed by atoms with E-state index in [0.717, 1.165) is 33.4 Å². The number of nitrogens with zero attached hydrogens (tertiary/aromatic N) is 1. The van der Waals surface area contributed by atoms with Gasteiger partial charge in [-0.3, -0.25) is 4.90 Å². The number of hydrogen-bond acceptors (Lipinski definition) is 2.